The van der Waals surface area contributed by atoms with E-state index in [4.69, 9.17) is 11.6 Å². The summed E-state index contributed by atoms with van der Waals surface area (Å²) in [5.41, 5.74) is 3.08. The van der Waals surface area contributed by atoms with Crippen LogP contribution in [0.5, 0.6) is 5.75 Å². The second kappa shape index (κ2) is 13.7. The molecule has 1 aromatic heterocycles. The molecule has 1 radical (unpaired) electrons. The molecular formula is C24H30ClN2O2Y-. The molecule has 159 valence electrons. The van der Waals surface area contributed by atoms with Gasteiger partial charge in [-0.05, 0) is 42.2 Å². The van der Waals surface area contributed by atoms with Crippen LogP contribution in [0, 0.1) is 14.4 Å². The Labute approximate surface area is 210 Å². The molecule has 0 amide bonds. The summed E-state index contributed by atoms with van der Waals surface area (Å²) in [6.45, 7) is 8.24. The third-order valence-corrected chi connectivity index (χ3v) is 4.56. The zero-order valence-electron chi connectivity index (χ0n) is 18.4. The molecule has 30 heavy (non-hydrogen) atoms. The summed E-state index contributed by atoms with van der Waals surface area (Å²) in [5.74, 6) is -0.0199. The number of aryl methyl sites for hydroxylation is 2. The molecule has 0 unspecified atom stereocenters. The maximum atomic E-state index is 13.1. The van der Waals surface area contributed by atoms with E-state index in [9.17, 15) is 9.90 Å². The molecule has 0 atom stereocenters. The third kappa shape index (κ3) is 6.76. The van der Waals surface area contributed by atoms with Gasteiger partial charge in [0.2, 0.25) is 0 Å². The number of hydrogen-bond acceptors (Lipinski definition) is 3. The van der Waals surface area contributed by atoms with Gasteiger partial charge in [0, 0.05) is 37.7 Å². The van der Waals surface area contributed by atoms with Crippen LogP contribution in [0.25, 0.3) is 11.1 Å². The Kier molecular flexibility index (Phi) is 13.1. The van der Waals surface area contributed by atoms with E-state index in [2.05, 4.69) is 5.10 Å². The fourth-order valence-corrected chi connectivity index (χ4v) is 3.24. The minimum atomic E-state index is -0.309. The van der Waals surface area contributed by atoms with Crippen LogP contribution in [-0.4, -0.2) is 14.9 Å². The van der Waals surface area contributed by atoms with Crippen LogP contribution < -0.4 is 5.56 Å². The van der Waals surface area contributed by atoms with Crippen LogP contribution >= 0.6 is 11.6 Å². The van der Waals surface area contributed by atoms with Gasteiger partial charge < -0.3 is 12.5 Å². The Morgan fingerprint density at radius 2 is 1.77 bits per heavy atom. The fourth-order valence-electron chi connectivity index (χ4n) is 3.03. The number of hydrogen-bond donors (Lipinski definition) is 1. The average Bonchev–Trinajstić information content (AvgIpc) is 2.69. The number of rotatable bonds is 5. The number of aromatic nitrogens is 2. The molecule has 1 N–H and O–H groups in total. The van der Waals surface area contributed by atoms with E-state index in [0.29, 0.717) is 29.2 Å². The molecule has 0 aliphatic heterocycles. The normalized spacial score (nSPS) is 9.63. The topological polar surface area (TPSA) is 55.1 Å². The first-order chi connectivity index (χ1) is 13.5. The largest absolute Gasteiger partial charge is 0.505 e. The maximum Gasteiger partial charge on any atom is 0.278 e. The molecular weight excluding hydrogens is 473 g/mol. The zero-order valence-corrected chi connectivity index (χ0v) is 22.0. The number of aromatic hydroxyl groups is 1. The van der Waals surface area contributed by atoms with E-state index in [1.165, 1.54) is 4.68 Å². The number of nitrogens with zero attached hydrogens (tertiary/aromatic N) is 2. The molecule has 0 aliphatic carbocycles. The van der Waals surface area contributed by atoms with Crippen molar-refractivity contribution in [2.24, 2.45) is 0 Å². The van der Waals surface area contributed by atoms with Crippen molar-refractivity contribution in [2.45, 2.75) is 47.1 Å². The van der Waals surface area contributed by atoms with Gasteiger partial charge >= 0.3 is 0 Å². The minimum absolute atomic E-state index is 0. The second-order valence-electron chi connectivity index (χ2n) is 6.33. The molecule has 6 heteroatoms. The average molecular weight is 503 g/mol. The molecule has 0 bridgehead atoms. The van der Waals surface area contributed by atoms with Gasteiger partial charge in [-0.1, -0.05) is 75.2 Å². The van der Waals surface area contributed by atoms with Gasteiger partial charge in [0.05, 0.1) is 12.1 Å². The summed E-state index contributed by atoms with van der Waals surface area (Å²) >= 11 is 6.06. The van der Waals surface area contributed by atoms with Gasteiger partial charge in [-0.15, -0.1) is 0 Å². The van der Waals surface area contributed by atoms with Crippen LogP contribution in [0.3, 0.4) is 0 Å². The summed E-state index contributed by atoms with van der Waals surface area (Å²) in [5, 5.41) is 15.7. The molecule has 3 aromatic rings. The first kappa shape index (κ1) is 28.5. The summed E-state index contributed by atoms with van der Waals surface area (Å²) in [7, 11) is 0. The molecule has 1 heterocycles. The molecule has 2 aromatic carbocycles. The Balaban J connectivity index is 0.00000204. The van der Waals surface area contributed by atoms with Crippen molar-refractivity contribution < 1.29 is 37.8 Å². The van der Waals surface area contributed by atoms with Crippen LogP contribution in [0.15, 0.2) is 53.3 Å². The van der Waals surface area contributed by atoms with Gasteiger partial charge in [0.25, 0.3) is 5.56 Å². The summed E-state index contributed by atoms with van der Waals surface area (Å²) in [4.78, 5) is 13.1. The zero-order chi connectivity index (χ0) is 20.7. The molecule has 0 saturated heterocycles. The van der Waals surface area contributed by atoms with Crippen molar-refractivity contribution in [2.75, 3.05) is 0 Å². The van der Waals surface area contributed by atoms with E-state index in [1.54, 1.807) is 6.07 Å². The van der Waals surface area contributed by atoms with Gasteiger partial charge in [-0.25, -0.2) is 4.68 Å². The first-order valence-electron chi connectivity index (χ1n) is 9.64. The van der Waals surface area contributed by atoms with E-state index in [0.717, 1.165) is 23.1 Å². The van der Waals surface area contributed by atoms with Gasteiger partial charge in [-0.3, -0.25) is 4.79 Å². The maximum absolute atomic E-state index is 13.1. The Morgan fingerprint density at radius 3 is 2.37 bits per heavy atom. The van der Waals surface area contributed by atoms with E-state index < -0.39 is 0 Å². The SMILES string of the molecule is CC.CCCc1nn(Cc2cccc(Cl)c2)c(=O)c(-c2ccccc2C)c1O.[CH3-].[Y]. The van der Waals surface area contributed by atoms with Crippen molar-refractivity contribution in [1.82, 2.24) is 9.78 Å². The predicted molar refractivity (Wildman–Crippen MR) is 123 cm³/mol. The Morgan fingerprint density at radius 1 is 1.10 bits per heavy atom. The molecule has 0 spiro atoms. The van der Waals surface area contributed by atoms with Crippen molar-refractivity contribution in [1.29, 1.82) is 0 Å². The monoisotopic (exact) mass is 502 g/mol. The summed E-state index contributed by atoms with van der Waals surface area (Å²) in [6.07, 6.45) is 1.42. The van der Waals surface area contributed by atoms with E-state index >= 15 is 0 Å². The van der Waals surface area contributed by atoms with Crippen molar-refractivity contribution in [3.05, 3.63) is 88.2 Å². The fraction of sp³-hybridized carbons (Fsp3) is 0.292. The van der Waals surface area contributed by atoms with E-state index in [-0.39, 0.29) is 51.4 Å². The predicted octanol–water partition coefficient (Wildman–Crippen LogP) is 6.05. The third-order valence-electron chi connectivity index (χ3n) is 4.32. The number of benzene rings is 2. The van der Waals surface area contributed by atoms with E-state index in [1.807, 2.05) is 70.2 Å². The van der Waals surface area contributed by atoms with Gasteiger partial charge in [0.1, 0.15) is 5.69 Å². The smallest absolute Gasteiger partial charge is 0.278 e. The summed E-state index contributed by atoms with van der Waals surface area (Å²) in [6, 6.07) is 14.9. The Hall–Kier alpha value is -1.49. The van der Waals surface area contributed by atoms with Crippen molar-refractivity contribution in [3.8, 4) is 16.9 Å². The standard InChI is InChI=1S/C21H21ClN2O2.C2H6.CH3.Y/c1-3-7-18-20(25)19(17-11-5-4-8-14(17)2)21(26)24(23-18)13-15-9-6-10-16(22)12-15;1-2;;/h4-6,8-12,25H,3,7,13H2,1-2H3;1-2H3;1H3;/q;;-1;. The van der Waals surface area contributed by atoms with Crippen molar-refractivity contribution in [3.63, 3.8) is 0 Å². The Bertz CT molecular complexity index is 1000. The van der Waals surface area contributed by atoms with Crippen LogP contribution in [0.2, 0.25) is 5.02 Å². The molecule has 0 fully saturated rings. The summed E-state index contributed by atoms with van der Waals surface area (Å²) < 4.78 is 1.41. The van der Waals surface area contributed by atoms with Gasteiger partial charge in [0.15, 0.2) is 5.75 Å². The molecule has 3 rings (SSSR count). The van der Waals surface area contributed by atoms with Crippen LogP contribution in [0.4, 0.5) is 0 Å². The minimum Gasteiger partial charge on any atom is -0.505 e. The van der Waals surface area contributed by atoms with Gasteiger partial charge in [-0.2, -0.15) is 5.10 Å². The molecule has 0 aliphatic rings. The second-order valence-corrected chi connectivity index (χ2v) is 6.76. The van der Waals surface area contributed by atoms with Crippen LogP contribution in [0.1, 0.15) is 44.0 Å². The van der Waals surface area contributed by atoms with Crippen LogP contribution in [-0.2, 0) is 45.7 Å². The molecule has 0 saturated carbocycles. The number of halogens is 1. The quantitative estimate of drug-likeness (QED) is 0.432. The van der Waals surface area contributed by atoms with Crippen molar-refractivity contribution >= 4 is 11.6 Å². The first-order valence-corrected chi connectivity index (χ1v) is 10.0. The molecule has 4 nitrogen and oxygen atoms in total.